The van der Waals surface area contributed by atoms with Gasteiger partial charge in [-0.25, -0.2) is 0 Å². The first-order chi connectivity index (χ1) is 8.70. The minimum absolute atomic E-state index is 0.0174. The van der Waals surface area contributed by atoms with Crippen LogP contribution in [-0.2, 0) is 4.79 Å². The number of amides is 1. The van der Waals surface area contributed by atoms with Gasteiger partial charge in [-0.15, -0.1) is 0 Å². The summed E-state index contributed by atoms with van der Waals surface area (Å²) >= 11 is 0. The molecule has 0 aliphatic carbocycles. The number of aliphatic hydroxyl groups excluding tert-OH is 1. The number of nitrogens with one attached hydrogen (secondary N) is 1. The van der Waals surface area contributed by atoms with E-state index in [1.807, 2.05) is 6.92 Å². The summed E-state index contributed by atoms with van der Waals surface area (Å²) in [4.78, 5) is 11.4. The van der Waals surface area contributed by atoms with Crippen molar-refractivity contribution in [2.24, 2.45) is 0 Å². The Bertz CT molecular complexity index is 195. The molecule has 0 radical (unpaired) electrons. The van der Waals surface area contributed by atoms with E-state index in [1.165, 1.54) is 44.9 Å². The van der Waals surface area contributed by atoms with E-state index in [2.05, 4.69) is 12.2 Å². The van der Waals surface area contributed by atoms with Gasteiger partial charge in [-0.3, -0.25) is 4.79 Å². The standard InChI is InChI=1S/C15H31NO2/c1-3-4-5-6-7-8-9-10-11-12-15(18)16-14(2)13-17/h14,17H,3-13H2,1-2H3,(H,16,18). The lowest BCUT2D eigenvalue weighted by atomic mass is 10.1. The molecule has 0 aromatic carbocycles. The second kappa shape index (κ2) is 12.9. The first kappa shape index (κ1) is 17.4. The second-order valence-electron chi connectivity index (χ2n) is 5.23. The summed E-state index contributed by atoms with van der Waals surface area (Å²) in [6, 6.07) is -0.115. The van der Waals surface area contributed by atoms with Gasteiger partial charge in [-0.2, -0.15) is 0 Å². The Morgan fingerprint density at radius 1 is 1.00 bits per heavy atom. The molecule has 1 unspecified atom stereocenters. The molecular formula is C15H31NO2. The van der Waals surface area contributed by atoms with Gasteiger partial charge in [0.2, 0.25) is 5.91 Å². The van der Waals surface area contributed by atoms with Gasteiger partial charge in [0.1, 0.15) is 0 Å². The SMILES string of the molecule is CCCCCCCCCCCC(=O)NC(C)CO. The Kier molecular flexibility index (Phi) is 12.5. The molecule has 0 aromatic heterocycles. The Hall–Kier alpha value is -0.570. The summed E-state index contributed by atoms with van der Waals surface area (Å²) < 4.78 is 0. The van der Waals surface area contributed by atoms with E-state index in [9.17, 15) is 4.79 Å². The van der Waals surface area contributed by atoms with Gasteiger partial charge in [0.05, 0.1) is 6.61 Å². The average Bonchev–Trinajstić information content (AvgIpc) is 2.36. The number of hydrogen-bond acceptors (Lipinski definition) is 2. The van der Waals surface area contributed by atoms with Crippen molar-refractivity contribution in [2.45, 2.75) is 84.1 Å². The van der Waals surface area contributed by atoms with Crippen molar-refractivity contribution in [3.63, 3.8) is 0 Å². The highest BCUT2D eigenvalue weighted by Crippen LogP contribution is 2.10. The highest BCUT2D eigenvalue weighted by Gasteiger charge is 2.05. The second-order valence-corrected chi connectivity index (χ2v) is 5.23. The molecule has 1 amide bonds. The Morgan fingerprint density at radius 2 is 1.50 bits per heavy atom. The summed E-state index contributed by atoms with van der Waals surface area (Å²) in [6.45, 7) is 4.07. The fraction of sp³-hybridized carbons (Fsp3) is 0.933. The van der Waals surface area contributed by atoms with Crippen LogP contribution in [-0.4, -0.2) is 23.7 Å². The van der Waals surface area contributed by atoms with Crippen LogP contribution in [0.5, 0.6) is 0 Å². The van der Waals surface area contributed by atoms with Crippen molar-refractivity contribution in [1.29, 1.82) is 0 Å². The maximum absolute atomic E-state index is 11.4. The number of carbonyl (C=O) groups is 1. The Balaban J connectivity index is 3.17. The van der Waals surface area contributed by atoms with Crippen LogP contribution in [0.25, 0.3) is 0 Å². The molecule has 2 N–H and O–H groups in total. The third-order valence-electron chi connectivity index (χ3n) is 3.19. The summed E-state index contributed by atoms with van der Waals surface area (Å²) in [5.74, 6) is 0.0690. The zero-order valence-corrected chi connectivity index (χ0v) is 12.2. The van der Waals surface area contributed by atoms with Crippen molar-refractivity contribution in [2.75, 3.05) is 6.61 Å². The molecule has 18 heavy (non-hydrogen) atoms. The zero-order chi connectivity index (χ0) is 13.6. The van der Waals surface area contributed by atoms with Crippen LogP contribution >= 0.6 is 0 Å². The topological polar surface area (TPSA) is 49.3 Å². The maximum Gasteiger partial charge on any atom is 0.220 e. The summed E-state index contributed by atoms with van der Waals surface area (Å²) in [5.41, 5.74) is 0. The third kappa shape index (κ3) is 11.9. The van der Waals surface area contributed by atoms with Crippen molar-refractivity contribution in [3.05, 3.63) is 0 Å². The van der Waals surface area contributed by atoms with Crippen LogP contribution in [0.3, 0.4) is 0 Å². The number of unbranched alkanes of at least 4 members (excludes halogenated alkanes) is 8. The average molecular weight is 257 g/mol. The van der Waals surface area contributed by atoms with Crippen molar-refractivity contribution in [1.82, 2.24) is 5.32 Å². The van der Waals surface area contributed by atoms with E-state index in [0.717, 1.165) is 12.8 Å². The van der Waals surface area contributed by atoms with E-state index >= 15 is 0 Å². The molecule has 0 heterocycles. The Morgan fingerprint density at radius 3 is 2.00 bits per heavy atom. The van der Waals surface area contributed by atoms with Crippen LogP contribution < -0.4 is 5.32 Å². The van der Waals surface area contributed by atoms with Gasteiger partial charge in [0.25, 0.3) is 0 Å². The quantitative estimate of drug-likeness (QED) is 0.526. The predicted molar refractivity (Wildman–Crippen MR) is 76.5 cm³/mol. The largest absolute Gasteiger partial charge is 0.394 e. The fourth-order valence-electron chi connectivity index (χ4n) is 1.99. The Labute approximate surface area is 112 Å². The first-order valence-electron chi connectivity index (χ1n) is 7.61. The molecule has 0 saturated heterocycles. The lowest BCUT2D eigenvalue weighted by molar-refractivity contribution is -0.122. The molecule has 0 aliphatic heterocycles. The van der Waals surface area contributed by atoms with E-state index in [4.69, 9.17) is 5.11 Å². The van der Waals surface area contributed by atoms with Gasteiger partial charge in [0.15, 0.2) is 0 Å². The highest BCUT2D eigenvalue weighted by molar-refractivity contribution is 5.76. The smallest absolute Gasteiger partial charge is 0.220 e. The number of rotatable bonds is 12. The minimum Gasteiger partial charge on any atom is -0.394 e. The molecule has 3 heteroatoms. The molecule has 1 atom stereocenters. The zero-order valence-electron chi connectivity index (χ0n) is 12.2. The van der Waals surface area contributed by atoms with Crippen molar-refractivity contribution < 1.29 is 9.90 Å². The lowest BCUT2D eigenvalue weighted by Crippen LogP contribution is -2.34. The van der Waals surface area contributed by atoms with Crippen LogP contribution in [0.15, 0.2) is 0 Å². The van der Waals surface area contributed by atoms with E-state index in [1.54, 1.807) is 0 Å². The third-order valence-corrected chi connectivity index (χ3v) is 3.19. The van der Waals surface area contributed by atoms with E-state index in [0.29, 0.717) is 6.42 Å². The summed E-state index contributed by atoms with van der Waals surface area (Å²) in [5, 5.41) is 11.6. The molecule has 0 aliphatic rings. The molecular weight excluding hydrogens is 226 g/mol. The molecule has 0 rings (SSSR count). The summed E-state index contributed by atoms with van der Waals surface area (Å²) in [7, 11) is 0. The number of aliphatic hydroxyl groups is 1. The molecule has 108 valence electrons. The van der Waals surface area contributed by atoms with Gasteiger partial charge in [-0.05, 0) is 13.3 Å². The normalized spacial score (nSPS) is 12.4. The monoisotopic (exact) mass is 257 g/mol. The molecule has 3 nitrogen and oxygen atoms in total. The molecule has 0 aromatic rings. The minimum atomic E-state index is -0.115. The molecule has 0 saturated carbocycles. The molecule has 0 fully saturated rings. The molecule has 0 bridgehead atoms. The van der Waals surface area contributed by atoms with Crippen LogP contribution in [0.2, 0.25) is 0 Å². The predicted octanol–water partition coefficient (Wildman–Crippen LogP) is 3.40. The fourth-order valence-corrected chi connectivity index (χ4v) is 1.99. The summed E-state index contributed by atoms with van der Waals surface area (Å²) in [6.07, 6.45) is 12.0. The van der Waals surface area contributed by atoms with Crippen LogP contribution in [0.4, 0.5) is 0 Å². The van der Waals surface area contributed by atoms with Gasteiger partial charge in [-0.1, -0.05) is 58.3 Å². The lowest BCUT2D eigenvalue weighted by Gasteiger charge is -2.10. The maximum atomic E-state index is 11.4. The van der Waals surface area contributed by atoms with E-state index < -0.39 is 0 Å². The van der Waals surface area contributed by atoms with Gasteiger partial charge in [0, 0.05) is 12.5 Å². The van der Waals surface area contributed by atoms with Crippen LogP contribution in [0, 0.1) is 0 Å². The highest BCUT2D eigenvalue weighted by atomic mass is 16.3. The van der Waals surface area contributed by atoms with Crippen molar-refractivity contribution in [3.8, 4) is 0 Å². The van der Waals surface area contributed by atoms with Gasteiger partial charge >= 0.3 is 0 Å². The first-order valence-corrected chi connectivity index (χ1v) is 7.61. The van der Waals surface area contributed by atoms with Gasteiger partial charge < -0.3 is 10.4 Å². The molecule has 0 spiro atoms. The van der Waals surface area contributed by atoms with E-state index in [-0.39, 0.29) is 18.6 Å². The van der Waals surface area contributed by atoms with Crippen LogP contribution in [0.1, 0.15) is 78.1 Å². The number of carbonyl (C=O) groups excluding carboxylic acids is 1. The van der Waals surface area contributed by atoms with Crippen molar-refractivity contribution >= 4 is 5.91 Å². The number of hydrogen-bond donors (Lipinski definition) is 2.